The third-order valence-electron chi connectivity index (χ3n) is 3.37. The monoisotopic (exact) mass is 346 g/mol. The van der Waals surface area contributed by atoms with E-state index in [0.29, 0.717) is 0 Å². The molecule has 0 aliphatic heterocycles. The first-order valence-electron chi connectivity index (χ1n) is 8.79. The molecule has 4 heteroatoms. The van der Waals surface area contributed by atoms with E-state index in [0.717, 1.165) is 12.2 Å². The summed E-state index contributed by atoms with van der Waals surface area (Å²) in [6.45, 7) is 2.26. The standard InChI is InChI=1S/C18H34O2S2/c1-2-3-11-14-21-15-12-9-7-5-4-6-8-10-13-16-22-17-18(19)20/h7,9H,2-6,8,10-17H2,1H3,(H,19,20)/b9-7+. The van der Waals surface area contributed by atoms with Gasteiger partial charge in [-0.3, -0.25) is 4.79 Å². The Morgan fingerprint density at radius 3 is 2.23 bits per heavy atom. The van der Waals surface area contributed by atoms with E-state index in [4.69, 9.17) is 5.11 Å². The van der Waals surface area contributed by atoms with Crippen molar-refractivity contribution in [2.75, 3.05) is 23.0 Å². The third-order valence-corrected chi connectivity index (χ3v) is 5.50. The predicted octanol–water partition coefficient (Wildman–Crippen LogP) is 6.01. The molecule has 2 nitrogen and oxygen atoms in total. The lowest BCUT2D eigenvalue weighted by Gasteiger charge is -2.00. The summed E-state index contributed by atoms with van der Waals surface area (Å²) >= 11 is 3.62. The highest BCUT2D eigenvalue weighted by Crippen LogP contribution is 2.11. The minimum atomic E-state index is -0.698. The lowest BCUT2D eigenvalue weighted by Crippen LogP contribution is -1.98. The number of carboxylic acid groups (broad SMARTS) is 1. The van der Waals surface area contributed by atoms with Gasteiger partial charge in [0.1, 0.15) is 0 Å². The quantitative estimate of drug-likeness (QED) is 0.258. The first kappa shape index (κ1) is 21.9. The maximum absolute atomic E-state index is 10.3. The molecule has 0 unspecified atom stereocenters. The highest BCUT2D eigenvalue weighted by Gasteiger charge is 1.96. The molecule has 0 saturated heterocycles. The first-order valence-corrected chi connectivity index (χ1v) is 11.1. The van der Waals surface area contributed by atoms with Crippen molar-refractivity contribution in [1.29, 1.82) is 0 Å². The van der Waals surface area contributed by atoms with E-state index >= 15 is 0 Å². The number of rotatable bonds is 17. The van der Waals surface area contributed by atoms with Gasteiger partial charge in [0.05, 0.1) is 5.75 Å². The van der Waals surface area contributed by atoms with Crippen molar-refractivity contribution >= 4 is 29.5 Å². The molecule has 0 bridgehead atoms. The van der Waals surface area contributed by atoms with Crippen LogP contribution in [0.3, 0.4) is 0 Å². The molecule has 22 heavy (non-hydrogen) atoms. The smallest absolute Gasteiger partial charge is 0.313 e. The number of carboxylic acids is 1. The molecule has 0 heterocycles. The molecule has 0 aliphatic carbocycles. The molecule has 0 aromatic carbocycles. The van der Waals surface area contributed by atoms with E-state index in [-0.39, 0.29) is 5.75 Å². The molecule has 0 fully saturated rings. The molecule has 0 atom stereocenters. The molecule has 0 aromatic rings. The number of hydrogen-bond donors (Lipinski definition) is 1. The van der Waals surface area contributed by atoms with Crippen LogP contribution in [0.15, 0.2) is 12.2 Å². The Labute approximate surface area is 145 Å². The molecular weight excluding hydrogens is 312 g/mol. The average Bonchev–Trinajstić information content (AvgIpc) is 2.50. The van der Waals surface area contributed by atoms with Crippen molar-refractivity contribution in [3.05, 3.63) is 12.2 Å². The van der Waals surface area contributed by atoms with Gasteiger partial charge in [0.15, 0.2) is 0 Å². The van der Waals surface area contributed by atoms with Gasteiger partial charge in [-0.05, 0) is 49.4 Å². The van der Waals surface area contributed by atoms with Crippen LogP contribution in [0.25, 0.3) is 0 Å². The van der Waals surface area contributed by atoms with Gasteiger partial charge in [-0.1, -0.05) is 51.2 Å². The minimum absolute atomic E-state index is 0.252. The molecule has 0 aromatic heterocycles. The van der Waals surface area contributed by atoms with Gasteiger partial charge in [-0.2, -0.15) is 23.5 Å². The first-order chi connectivity index (χ1) is 10.8. The van der Waals surface area contributed by atoms with E-state index in [1.165, 1.54) is 81.1 Å². The Morgan fingerprint density at radius 1 is 0.818 bits per heavy atom. The minimum Gasteiger partial charge on any atom is -0.481 e. The highest BCUT2D eigenvalue weighted by molar-refractivity contribution is 7.99. The number of allylic oxidation sites excluding steroid dienone is 2. The Morgan fingerprint density at radius 2 is 1.45 bits per heavy atom. The summed E-state index contributed by atoms with van der Waals surface area (Å²) in [6.07, 6.45) is 17.5. The fourth-order valence-electron chi connectivity index (χ4n) is 2.10. The molecule has 130 valence electrons. The van der Waals surface area contributed by atoms with E-state index in [2.05, 4.69) is 30.8 Å². The third kappa shape index (κ3) is 19.9. The van der Waals surface area contributed by atoms with E-state index < -0.39 is 5.97 Å². The molecular formula is C18H34O2S2. The summed E-state index contributed by atoms with van der Waals surface area (Å²) in [5.41, 5.74) is 0. The maximum atomic E-state index is 10.3. The average molecular weight is 347 g/mol. The summed E-state index contributed by atoms with van der Waals surface area (Å²) in [7, 11) is 0. The Kier molecular flexibility index (Phi) is 18.9. The summed E-state index contributed by atoms with van der Waals surface area (Å²) in [5.74, 6) is 3.14. The van der Waals surface area contributed by atoms with Gasteiger partial charge in [0.2, 0.25) is 0 Å². The van der Waals surface area contributed by atoms with Gasteiger partial charge in [-0.25, -0.2) is 0 Å². The van der Waals surface area contributed by atoms with Crippen LogP contribution < -0.4 is 0 Å². The summed E-state index contributed by atoms with van der Waals surface area (Å²) in [5, 5.41) is 8.51. The molecule has 0 radical (unpaired) electrons. The zero-order chi connectivity index (χ0) is 16.3. The van der Waals surface area contributed by atoms with Crippen molar-refractivity contribution in [3.63, 3.8) is 0 Å². The van der Waals surface area contributed by atoms with Crippen molar-refractivity contribution < 1.29 is 9.90 Å². The molecule has 0 saturated carbocycles. The van der Waals surface area contributed by atoms with Gasteiger partial charge in [0.25, 0.3) is 0 Å². The summed E-state index contributed by atoms with van der Waals surface area (Å²) in [6, 6.07) is 0. The SMILES string of the molecule is CCCCCSCC/C=C/CCCCCCCSCC(=O)O. The Balaban J connectivity index is 3.06. The van der Waals surface area contributed by atoms with Crippen molar-refractivity contribution in [1.82, 2.24) is 0 Å². The van der Waals surface area contributed by atoms with Gasteiger partial charge in [0, 0.05) is 0 Å². The van der Waals surface area contributed by atoms with E-state index in [1.54, 1.807) is 0 Å². The summed E-state index contributed by atoms with van der Waals surface area (Å²) < 4.78 is 0. The lowest BCUT2D eigenvalue weighted by atomic mass is 10.1. The van der Waals surface area contributed by atoms with E-state index in [1.807, 2.05) is 0 Å². The summed E-state index contributed by atoms with van der Waals surface area (Å²) in [4.78, 5) is 10.3. The molecule has 0 rings (SSSR count). The Hall–Kier alpha value is -0.0900. The maximum Gasteiger partial charge on any atom is 0.313 e. The van der Waals surface area contributed by atoms with Gasteiger partial charge >= 0.3 is 5.97 Å². The molecule has 0 amide bonds. The fraction of sp³-hybridized carbons (Fsp3) is 0.833. The topological polar surface area (TPSA) is 37.3 Å². The Bertz CT molecular complexity index is 268. The van der Waals surface area contributed by atoms with Crippen LogP contribution in [0.4, 0.5) is 0 Å². The molecule has 0 aliphatic rings. The van der Waals surface area contributed by atoms with Crippen LogP contribution >= 0.6 is 23.5 Å². The number of aliphatic carboxylic acids is 1. The fourth-order valence-corrected chi connectivity index (χ4v) is 3.74. The van der Waals surface area contributed by atoms with Crippen molar-refractivity contribution in [3.8, 4) is 0 Å². The number of thioether (sulfide) groups is 2. The lowest BCUT2D eigenvalue weighted by molar-refractivity contribution is -0.133. The largest absolute Gasteiger partial charge is 0.481 e. The zero-order valence-electron chi connectivity index (χ0n) is 14.2. The van der Waals surface area contributed by atoms with Crippen LogP contribution in [0.1, 0.15) is 71.1 Å². The zero-order valence-corrected chi connectivity index (χ0v) is 15.9. The highest BCUT2D eigenvalue weighted by atomic mass is 32.2. The van der Waals surface area contributed by atoms with Gasteiger partial charge < -0.3 is 5.11 Å². The van der Waals surface area contributed by atoms with E-state index in [9.17, 15) is 4.79 Å². The second-order valence-corrected chi connectivity index (χ2v) is 7.91. The number of unbranched alkanes of at least 4 members (excludes halogenated alkanes) is 7. The van der Waals surface area contributed by atoms with Crippen molar-refractivity contribution in [2.45, 2.75) is 71.1 Å². The number of carbonyl (C=O) groups is 1. The van der Waals surface area contributed by atoms with Crippen LogP contribution in [0.5, 0.6) is 0 Å². The van der Waals surface area contributed by atoms with Crippen LogP contribution in [-0.2, 0) is 4.79 Å². The predicted molar refractivity (Wildman–Crippen MR) is 103 cm³/mol. The van der Waals surface area contributed by atoms with Crippen molar-refractivity contribution in [2.24, 2.45) is 0 Å². The number of hydrogen-bond acceptors (Lipinski definition) is 3. The molecule has 1 N–H and O–H groups in total. The normalized spacial score (nSPS) is 11.3. The molecule has 0 spiro atoms. The second kappa shape index (κ2) is 19.0. The van der Waals surface area contributed by atoms with Crippen LogP contribution in [0.2, 0.25) is 0 Å². The van der Waals surface area contributed by atoms with Crippen LogP contribution in [0, 0.1) is 0 Å². The second-order valence-electron chi connectivity index (χ2n) is 5.58. The van der Waals surface area contributed by atoms with Gasteiger partial charge in [-0.15, -0.1) is 0 Å². The van der Waals surface area contributed by atoms with Crippen LogP contribution in [-0.4, -0.2) is 34.1 Å².